The summed E-state index contributed by atoms with van der Waals surface area (Å²) >= 11 is 0. The van der Waals surface area contributed by atoms with E-state index in [9.17, 15) is 9.59 Å². The van der Waals surface area contributed by atoms with Crippen molar-refractivity contribution in [1.82, 2.24) is 4.90 Å². The summed E-state index contributed by atoms with van der Waals surface area (Å²) in [5.74, 6) is -1.18. The van der Waals surface area contributed by atoms with Crippen molar-refractivity contribution in [2.24, 2.45) is 0 Å². The van der Waals surface area contributed by atoms with Crippen LogP contribution in [0.1, 0.15) is 20.8 Å². The van der Waals surface area contributed by atoms with Crippen LogP contribution in [0.4, 0.5) is 0 Å². The van der Waals surface area contributed by atoms with E-state index >= 15 is 0 Å². The van der Waals surface area contributed by atoms with Gasteiger partial charge in [-0.05, 0) is 13.8 Å². The van der Waals surface area contributed by atoms with Gasteiger partial charge in [-0.3, -0.25) is 4.79 Å². The highest BCUT2D eigenvalue weighted by atomic mass is 16.4. The highest BCUT2D eigenvalue weighted by molar-refractivity contribution is 5.81. The van der Waals surface area contributed by atoms with Gasteiger partial charge < -0.3 is 10.0 Å². The number of carbonyl (C=O) groups excluding carboxylic acids is 1. The van der Waals surface area contributed by atoms with Gasteiger partial charge in [-0.25, -0.2) is 4.79 Å². The number of carbonyl (C=O) groups is 2. The second kappa shape index (κ2) is 3.95. The second-order valence-electron chi connectivity index (χ2n) is 2.32. The zero-order chi connectivity index (χ0) is 9.02. The number of carboxylic acids is 1. The highest BCUT2D eigenvalue weighted by Gasteiger charge is 2.20. The smallest absolute Gasteiger partial charge is 0.326 e. The van der Waals surface area contributed by atoms with Gasteiger partial charge in [-0.2, -0.15) is 0 Å². The largest absolute Gasteiger partial charge is 0.480 e. The Bertz CT molecular complexity index is 167. The van der Waals surface area contributed by atoms with Crippen LogP contribution in [0.2, 0.25) is 0 Å². The molecule has 4 nitrogen and oxygen atoms in total. The van der Waals surface area contributed by atoms with Crippen molar-refractivity contribution in [3.8, 4) is 0 Å². The van der Waals surface area contributed by atoms with Gasteiger partial charge in [0.25, 0.3) is 0 Å². The average molecular weight is 159 g/mol. The molecule has 1 amide bonds. The van der Waals surface area contributed by atoms with Crippen LogP contribution < -0.4 is 0 Å². The average Bonchev–Trinajstić information content (AvgIpc) is 1.88. The first-order valence-corrected chi connectivity index (χ1v) is 3.50. The number of hydrogen-bond donors (Lipinski definition) is 1. The summed E-state index contributed by atoms with van der Waals surface area (Å²) < 4.78 is 0. The monoisotopic (exact) mass is 159 g/mol. The molecule has 0 bridgehead atoms. The Labute approximate surface area is 65.8 Å². The zero-order valence-corrected chi connectivity index (χ0v) is 7.00. The Morgan fingerprint density at radius 3 is 2.09 bits per heavy atom. The van der Waals surface area contributed by atoms with Crippen LogP contribution in [0, 0.1) is 0 Å². The Hall–Kier alpha value is -1.06. The predicted molar refractivity (Wildman–Crippen MR) is 40.2 cm³/mol. The Kier molecular flexibility index (Phi) is 3.57. The lowest BCUT2D eigenvalue weighted by Gasteiger charge is -2.22. The summed E-state index contributed by atoms with van der Waals surface area (Å²) in [4.78, 5) is 22.5. The molecule has 0 aliphatic heterocycles. The van der Waals surface area contributed by atoms with Crippen LogP contribution in [-0.2, 0) is 9.59 Å². The molecule has 0 saturated carbocycles. The van der Waals surface area contributed by atoms with Gasteiger partial charge in [-0.15, -0.1) is 0 Å². The third-order valence-corrected chi connectivity index (χ3v) is 1.57. The molecule has 0 aromatic carbocycles. The normalized spacial score (nSPS) is 12.3. The van der Waals surface area contributed by atoms with Crippen LogP contribution in [0.3, 0.4) is 0 Å². The van der Waals surface area contributed by atoms with E-state index in [1.165, 1.54) is 18.7 Å². The lowest BCUT2D eigenvalue weighted by atomic mass is 10.3. The zero-order valence-electron chi connectivity index (χ0n) is 7.00. The van der Waals surface area contributed by atoms with E-state index in [4.69, 9.17) is 5.11 Å². The van der Waals surface area contributed by atoms with Crippen LogP contribution >= 0.6 is 0 Å². The first-order valence-electron chi connectivity index (χ1n) is 3.50. The molecule has 64 valence electrons. The first-order chi connectivity index (χ1) is 5.00. The molecular weight excluding hydrogens is 146 g/mol. The van der Waals surface area contributed by atoms with Crippen LogP contribution in [0.15, 0.2) is 0 Å². The molecule has 1 atom stereocenters. The Morgan fingerprint density at radius 1 is 1.55 bits per heavy atom. The third kappa shape index (κ3) is 2.57. The molecule has 0 heterocycles. The minimum absolute atomic E-state index is 0.206. The van der Waals surface area contributed by atoms with Crippen molar-refractivity contribution in [2.45, 2.75) is 26.8 Å². The van der Waals surface area contributed by atoms with Gasteiger partial charge in [-0.1, -0.05) is 0 Å². The summed E-state index contributed by atoms with van der Waals surface area (Å²) in [7, 11) is 0. The fraction of sp³-hybridized carbons (Fsp3) is 0.714. The summed E-state index contributed by atoms with van der Waals surface area (Å²) in [6, 6.07) is -0.725. The van der Waals surface area contributed by atoms with Crippen molar-refractivity contribution in [3.05, 3.63) is 0 Å². The van der Waals surface area contributed by atoms with Crippen molar-refractivity contribution in [2.75, 3.05) is 6.54 Å². The Morgan fingerprint density at radius 2 is 2.00 bits per heavy atom. The summed E-state index contributed by atoms with van der Waals surface area (Å²) in [5.41, 5.74) is 0. The quantitative estimate of drug-likeness (QED) is 0.645. The van der Waals surface area contributed by atoms with Crippen LogP contribution in [-0.4, -0.2) is 34.5 Å². The lowest BCUT2D eigenvalue weighted by molar-refractivity contribution is -0.148. The molecule has 0 saturated heterocycles. The topological polar surface area (TPSA) is 57.6 Å². The van der Waals surface area contributed by atoms with Crippen molar-refractivity contribution in [1.29, 1.82) is 0 Å². The fourth-order valence-corrected chi connectivity index (χ4v) is 0.903. The molecular formula is C7H13NO3. The molecule has 0 rings (SSSR count). The second-order valence-corrected chi connectivity index (χ2v) is 2.32. The molecule has 4 heteroatoms. The summed E-state index contributed by atoms with van der Waals surface area (Å²) in [6.45, 7) is 5.04. The number of likely N-dealkylation sites (N-methyl/N-ethyl adjacent to an activating group) is 1. The van der Waals surface area contributed by atoms with E-state index in [1.54, 1.807) is 6.92 Å². The van der Waals surface area contributed by atoms with E-state index < -0.39 is 12.0 Å². The van der Waals surface area contributed by atoms with Gasteiger partial charge >= 0.3 is 5.97 Å². The molecule has 0 radical (unpaired) electrons. The first kappa shape index (κ1) is 9.94. The molecule has 0 fully saturated rings. The SMILES string of the molecule is CCN(C(C)=O)C(C)C(=O)O. The number of hydrogen-bond acceptors (Lipinski definition) is 2. The number of carboxylic acid groups (broad SMARTS) is 1. The maximum absolute atomic E-state index is 10.8. The van der Waals surface area contributed by atoms with E-state index in [-0.39, 0.29) is 5.91 Å². The van der Waals surface area contributed by atoms with Crippen LogP contribution in [0.5, 0.6) is 0 Å². The van der Waals surface area contributed by atoms with Crippen molar-refractivity contribution in [3.63, 3.8) is 0 Å². The van der Waals surface area contributed by atoms with E-state index in [0.29, 0.717) is 6.54 Å². The molecule has 0 spiro atoms. The maximum Gasteiger partial charge on any atom is 0.326 e. The van der Waals surface area contributed by atoms with Crippen molar-refractivity contribution < 1.29 is 14.7 Å². The minimum atomic E-state index is -0.970. The van der Waals surface area contributed by atoms with Crippen molar-refractivity contribution >= 4 is 11.9 Å². The number of aliphatic carboxylic acids is 1. The molecule has 0 aromatic rings. The molecule has 0 aliphatic rings. The number of nitrogens with zero attached hydrogens (tertiary/aromatic N) is 1. The third-order valence-electron chi connectivity index (χ3n) is 1.57. The van der Waals surface area contributed by atoms with Gasteiger partial charge in [0.2, 0.25) is 5.91 Å². The van der Waals surface area contributed by atoms with E-state index in [2.05, 4.69) is 0 Å². The molecule has 0 aliphatic carbocycles. The standard InChI is InChI=1S/C7H13NO3/c1-4-8(6(3)9)5(2)7(10)11/h5H,4H2,1-3H3,(H,10,11). The highest BCUT2D eigenvalue weighted by Crippen LogP contribution is 1.98. The van der Waals surface area contributed by atoms with Crippen LogP contribution in [0.25, 0.3) is 0 Å². The van der Waals surface area contributed by atoms with Gasteiger partial charge in [0, 0.05) is 13.5 Å². The van der Waals surface area contributed by atoms with Gasteiger partial charge in [0.05, 0.1) is 0 Å². The fourth-order valence-electron chi connectivity index (χ4n) is 0.903. The van der Waals surface area contributed by atoms with Gasteiger partial charge in [0.15, 0.2) is 0 Å². The molecule has 0 aromatic heterocycles. The van der Waals surface area contributed by atoms with E-state index in [1.807, 2.05) is 0 Å². The maximum atomic E-state index is 10.8. The summed E-state index contributed by atoms with van der Waals surface area (Å²) in [6.07, 6.45) is 0. The Balaban J connectivity index is 4.25. The molecule has 1 unspecified atom stereocenters. The van der Waals surface area contributed by atoms with E-state index in [0.717, 1.165) is 0 Å². The lowest BCUT2D eigenvalue weighted by Crippen LogP contribution is -2.41. The van der Waals surface area contributed by atoms with Gasteiger partial charge in [0.1, 0.15) is 6.04 Å². The summed E-state index contributed by atoms with van der Waals surface area (Å²) in [5, 5.41) is 8.54. The molecule has 1 N–H and O–H groups in total. The number of rotatable bonds is 3. The molecule has 11 heavy (non-hydrogen) atoms. The predicted octanol–water partition coefficient (Wildman–Crippen LogP) is 0.328. The minimum Gasteiger partial charge on any atom is -0.480 e. The number of amides is 1.